The molecule has 0 N–H and O–H groups in total. The normalized spacial score (nSPS) is 11.9. The summed E-state index contributed by atoms with van der Waals surface area (Å²) in [7, 11) is 0. The lowest BCUT2D eigenvalue weighted by Crippen LogP contribution is -2.10. The van der Waals surface area contributed by atoms with E-state index in [2.05, 4.69) is 163 Å². The number of fused-ring (bicyclic) bond motifs is 11. The molecule has 0 aliphatic carbocycles. The first kappa shape index (κ1) is 30.9. The lowest BCUT2D eigenvalue weighted by atomic mass is 10.00. The summed E-state index contributed by atoms with van der Waals surface area (Å²) in [6.07, 6.45) is 0. The van der Waals surface area contributed by atoms with Gasteiger partial charge >= 0.3 is 0 Å². The van der Waals surface area contributed by atoms with Crippen molar-refractivity contribution >= 4 is 93.7 Å². The van der Waals surface area contributed by atoms with Crippen molar-refractivity contribution < 1.29 is 13.3 Å². The van der Waals surface area contributed by atoms with Crippen molar-refractivity contribution in [1.82, 2.24) is 0 Å². The van der Waals surface area contributed by atoms with E-state index in [1.165, 1.54) is 16.3 Å². The molecule has 3 aromatic heterocycles. The standard InChI is InChI=1S/C52H31NO3/c1-2-10-35-31-36(20-19-32(35)9-1)33-21-25-37(26-22-33)53(45-16-8-15-41-40-11-3-5-17-46(40)55-51(41)45)38-27-23-34(24-28-38)39-13-7-14-42-43-29-30-48-49(52(43)56-50(39)42)44-12-4-6-18-47(44)54-48/h1-31H. The Bertz CT molecular complexity index is 3470. The van der Waals surface area contributed by atoms with Gasteiger partial charge in [-0.2, -0.15) is 0 Å². The van der Waals surface area contributed by atoms with Crippen LogP contribution in [0.5, 0.6) is 0 Å². The molecule has 12 rings (SSSR count). The molecule has 56 heavy (non-hydrogen) atoms. The van der Waals surface area contributed by atoms with Gasteiger partial charge in [-0.25, -0.2) is 0 Å². The first-order valence-electron chi connectivity index (χ1n) is 18.9. The summed E-state index contributed by atoms with van der Waals surface area (Å²) in [5.74, 6) is 0. The Morgan fingerprint density at radius 1 is 0.321 bits per heavy atom. The number of hydrogen-bond acceptors (Lipinski definition) is 4. The highest BCUT2D eigenvalue weighted by atomic mass is 16.3. The number of benzene rings is 9. The van der Waals surface area contributed by atoms with Crippen LogP contribution in [0.25, 0.3) is 98.8 Å². The number of nitrogens with zero attached hydrogens (tertiary/aromatic N) is 1. The van der Waals surface area contributed by atoms with Crippen LogP contribution < -0.4 is 4.90 Å². The largest absolute Gasteiger partial charge is 0.456 e. The van der Waals surface area contributed by atoms with E-state index in [9.17, 15) is 0 Å². The Labute approximate surface area is 321 Å². The van der Waals surface area contributed by atoms with Crippen LogP contribution in [0.3, 0.4) is 0 Å². The molecule has 3 heterocycles. The average molecular weight is 718 g/mol. The molecule has 9 aromatic carbocycles. The number of rotatable bonds is 5. The average Bonchev–Trinajstić information content (AvgIpc) is 3.96. The van der Waals surface area contributed by atoms with E-state index in [0.717, 1.165) is 99.6 Å². The maximum Gasteiger partial charge on any atom is 0.159 e. The number of anilines is 3. The van der Waals surface area contributed by atoms with Gasteiger partial charge in [0.1, 0.15) is 27.9 Å². The van der Waals surface area contributed by atoms with E-state index in [0.29, 0.717) is 0 Å². The third kappa shape index (κ3) is 4.66. The monoisotopic (exact) mass is 717 g/mol. The lowest BCUT2D eigenvalue weighted by molar-refractivity contribution is 0.663. The molecule has 262 valence electrons. The smallest absolute Gasteiger partial charge is 0.159 e. The quantitative estimate of drug-likeness (QED) is 0.178. The van der Waals surface area contributed by atoms with Gasteiger partial charge in [0, 0.05) is 43.9 Å². The van der Waals surface area contributed by atoms with Crippen molar-refractivity contribution in [2.45, 2.75) is 0 Å². The maximum atomic E-state index is 6.80. The van der Waals surface area contributed by atoms with Crippen LogP contribution in [-0.4, -0.2) is 0 Å². The Kier molecular flexibility index (Phi) is 6.60. The molecule has 0 saturated carbocycles. The summed E-state index contributed by atoms with van der Waals surface area (Å²) in [6.45, 7) is 0. The predicted octanol–water partition coefficient (Wildman–Crippen LogP) is 15.3. The molecule has 0 saturated heterocycles. The minimum absolute atomic E-state index is 0.827. The van der Waals surface area contributed by atoms with Gasteiger partial charge in [0.25, 0.3) is 0 Å². The van der Waals surface area contributed by atoms with Gasteiger partial charge in [-0.1, -0.05) is 127 Å². The minimum atomic E-state index is 0.827. The molecule has 0 aliphatic rings. The Balaban J connectivity index is 0.995. The fourth-order valence-electron chi connectivity index (χ4n) is 8.59. The Morgan fingerprint density at radius 3 is 1.73 bits per heavy atom. The zero-order valence-electron chi connectivity index (χ0n) is 30.1. The van der Waals surface area contributed by atoms with Gasteiger partial charge in [-0.3, -0.25) is 0 Å². The second kappa shape index (κ2) is 12.0. The molecular formula is C52H31NO3. The number of hydrogen-bond donors (Lipinski definition) is 0. The highest BCUT2D eigenvalue weighted by molar-refractivity contribution is 6.23. The minimum Gasteiger partial charge on any atom is -0.456 e. The molecule has 0 amide bonds. The first-order valence-corrected chi connectivity index (χ1v) is 18.9. The van der Waals surface area contributed by atoms with Crippen LogP contribution in [0, 0.1) is 0 Å². The van der Waals surface area contributed by atoms with Crippen LogP contribution >= 0.6 is 0 Å². The SMILES string of the molecule is c1ccc2cc(-c3ccc(N(c4ccc(-c5cccc6c5oc5c6ccc6oc7ccccc7c65)cc4)c4cccc5c4oc4ccccc45)cc3)ccc2c1. The molecule has 4 nitrogen and oxygen atoms in total. The van der Waals surface area contributed by atoms with Crippen molar-refractivity contribution in [2.75, 3.05) is 4.90 Å². The zero-order chi connectivity index (χ0) is 36.7. The van der Waals surface area contributed by atoms with Gasteiger partial charge in [0.15, 0.2) is 5.58 Å². The highest BCUT2D eigenvalue weighted by Crippen LogP contribution is 2.45. The summed E-state index contributed by atoms with van der Waals surface area (Å²) in [6, 6.07) is 66.1. The number of para-hydroxylation sites is 4. The molecule has 0 fully saturated rings. The maximum absolute atomic E-state index is 6.80. The summed E-state index contributed by atoms with van der Waals surface area (Å²) in [5, 5.41) is 8.89. The van der Waals surface area contributed by atoms with E-state index in [-0.39, 0.29) is 0 Å². The second-order valence-corrected chi connectivity index (χ2v) is 14.4. The lowest BCUT2D eigenvalue weighted by Gasteiger charge is -2.26. The van der Waals surface area contributed by atoms with E-state index >= 15 is 0 Å². The molecule has 0 atom stereocenters. The van der Waals surface area contributed by atoms with Crippen molar-refractivity contribution in [3.05, 3.63) is 188 Å². The first-order chi connectivity index (χ1) is 27.7. The fraction of sp³-hybridized carbons (Fsp3) is 0. The third-order valence-corrected chi connectivity index (χ3v) is 11.3. The molecule has 0 spiro atoms. The Morgan fingerprint density at radius 2 is 0.929 bits per heavy atom. The van der Waals surface area contributed by atoms with E-state index < -0.39 is 0 Å². The third-order valence-electron chi connectivity index (χ3n) is 11.3. The zero-order valence-corrected chi connectivity index (χ0v) is 30.1. The van der Waals surface area contributed by atoms with E-state index in [4.69, 9.17) is 13.3 Å². The van der Waals surface area contributed by atoms with Crippen LogP contribution in [-0.2, 0) is 0 Å². The molecule has 12 aromatic rings. The van der Waals surface area contributed by atoms with Crippen molar-refractivity contribution in [1.29, 1.82) is 0 Å². The van der Waals surface area contributed by atoms with Gasteiger partial charge in [0.05, 0.1) is 11.1 Å². The summed E-state index contributed by atoms with van der Waals surface area (Å²) in [5.41, 5.74) is 12.6. The molecule has 0 aliphatic heterocycles. The van der Waals surface area contributed by atoms with Crippen molar-refractivity contribution in [2.24, 2.45) is 0 Å². The predicted molar refractivity (Wildman–Crippen MR) is 231 cm³/mol. The fourth-order valence-corrected chi connectivity index (χ4v) is 8.59. The van der Waals surface area contributed by atoms with Crippen molar-refractivity contribution in [3.8, 4) is 22.3 Å². The van der Waals surface area contributed by atoms with Gasteiger partial charge < -0.3 is 18.2 Å². The van der Waals surface area contributed by atoms with Crippen LogP contribution in [0.1, 0.15) is 0 Å². The van der Waals surface area contributed by atoms with E-state index in [1.54, 1.807) is 0 Å². The molecular weight excluding hydrogens is 687 g/mol. The van der Waals surface area contributed by atoms with Gasteiger partial charge in [-0.15, -0.1) is 0 Å². The molecule has 0 unspecified atom stereocenters. The van der Waals surface area contributed by atoms with Crippen LogP contribution in [0.4, 0.5) is 17.1 Å². The molecule has 0 bridgehead atoms. The summed E-state index contributed by atoms with van der Waals surface area (Å²) < 4.78 is 19.6. The van der Waals surface area contributed by atoms with E-state index in [1.807, 2.05) is 30.3 Å². The summed E-state index contributed by atoms with van der Waals surface area (Å²) in [4.78, 5) is 2.29. The van der Waals surface area contributed by atoms with Crippen molar-refractivity contribution in [3.63, 3.8) is 0 Å². The second-order valence-electron chi connectivity index (χ2n) is 14.4. The van der Waals surface area contributed by atoms with Gasteiger partial charge in [-0.05, 0) is 88.1 Å². The van der Waals surface area contributed by atoms with Crippen LogP contribution in [0.15, 0.2) is 201 Å². The molecule has 0 radical (unpaired) electrons. The summed E-state index contributed by atoms with van der Waals surface area (Å²) >= 11 is 0. The topological polar surface area (TPSA) is 42.7 Å². The number of furan rings is 3. The van der Waals surface area contributed by atoms with Gasteiger partial charge in [0.2, 0.25) is 0 Å². The van der Waals surface area contributed by atoms with Crippen LogP contribution in [0.2, 0.25) is 0 Å². The molecule has 4 heteroatoms. The highest BCUT2D eigenvalue weighted by Gasteiger charge is 2.21. The Hall–Kier alpha value is -7.56.